The van der Waals surface area contributed by atoms with Crippen LogP contribution in [0.5, 0.6) is 0 Å². The average molecular weight is 322 g/mol. The first-order chi connectivity index (χ1) is 9.75. The number of hydrogen-bond donors (Lipinski definition) is 0. The van der Waals surface area contributed by atoms with Crippen LogP contribution in [0.15, 0.2) is 26.7 Å². The summed E-state index contributed by atoms with van der Waals surface area (Å²) >= 11 is 1.06. The van der Waals surface area contributed by atoms with Crippen molar-refractivity contribution in [2.75, 3.05) is 12.9 Å². The predicted octanol–water partition coefficient (Wildman–Crippen LogP) is 4.51. The average Bonchev–Trinajstić information content (AvgIpc) is 2.79. The summed E-state index contributed by atoms with van der Waals surface area (Å²) in [5, 5.41) is 3.91. The smallest absolute Gasteiger partial charge is 0.301 e. The van der Waals surface area contributed by atoms with Crippen LogP contribution in [0.25, 0.3) is 0 Å². The summed E-state index contributed by atoms with van der Waals surface area (Å²) in [6.45, 7) is 5.85. The van der Waals surface area contributed by atoms with Crippen molar-refractivity contribution in [1.82, 2.24) is 4.98 Å². The molecule has 0 fully saturated rings. The first kappa shape index (κ1) is 17.6. The van der Waals surface area contributed by atoms with Gasteiger partial charge in [0.05, 0.1) is 5.69 Å². The fourth-order valence-corrected chi connectivity index (χ4v) is 2.18. The van der Waals surface area contributed by atoms with Crippen molar-refractivity contribution in [1.29, 1.82) is 0 Å². The molecule has 0 aromatic carbocycles. The van der Waals surface area contributed by atoms with Gasteiger partial charge in [0.1, 0.15) is 13.3 Å². The molecule has 21 heavy (non-hydrogen) atoms. The summed E-state index contributed by atoms with van der Waals surface area (Å²) in [4.78, 5) is 8.90. The number of oxazole rings is 1. The van der Waals surface area contributed by atoms with Gasteiger partial charge in [0.2, 0.25) is 0 Å². The monoisotopic (exact) mass is 322 g/mol. The lowest BCUT2D eigenvalue weighted by Gasteiger charge is -2.14. The van der Waals surface area contributed by atoms with Gasteiger partial charge in [-0.05, 0) is 0 Å². The van der Waals surface area contributed by atoms with Crippen molar-refractivity contribution in [2.24, 2.45) is 5.16 Å². The topological polar surface area (TPSA) is 47.6 Å². The molecule has 0 saturated carbocycles. The molecule has 0 spiro atoms. The van der Waals surface area contributed by atoms with Gasteiger partial charge in [-0.15, -0.1) is 0 Å². The molecular formula is C13H17F3N2O2S. The Kier molecular flexibility index (Phi) is 6.32. The van der Waals surface area contributed by atoms with E-state index < -0.39 is 11.9 Å². The lowest BCUT2D eigenvalue weighted by molar-refractivity contribution is 0.214. The second-order valence-electron chi connectivity index (χ2n) is 5.12. The Morgan fingerprint density at radius 1 is 1.38 bits per heavy atom. The Bertz CT molecular complexity index is 532. The zero-order chi connectivity index (χ0) is 16.0. The van der Waals surface area contributed by atoms with E-state index in [1.807, 2.05) is 20.8 Å². The van der Waals surface area contributed by atoms with Crippen LogP contribution in [0.4, 0.5) is 13.2 Å². The molecule has 118 valence electrons. The van der Waals surface area contributed by atoms with Crippen LogP contribution in [0.2, 0.25) is 0 Å². The second kappa shape index (κ2) is 7.53. The van der Waals surface area contributed by atoms with Crippen LogP contribution in [0.3, 0.4) is 0 Å². The Morgan fingerprint density at radius 2 is 2.05 bits per heavy atom. The quantitative estimate of drug-likeness (QED) is 0.439. The molecule has 4 nitrogen and oxygen atoms in total. The molecule has 0 atom stereocenters. The molecule has 0 amide bonds. The summed E-state index contributed by atoms with van der Waals surface area (Å²) in [6, 6.07) is 0. The molecule has 1 rings (SSSR count). The van der Waals surface area contributed by atoms with E-state index in [4.69, 9.17) is 4.42 Å². The van der Waals surface area contributed by atoms with Crippen LogP contribution < -0.4 is 0 Å². The molecule has 8 heteroatoms. The lowest BCUT2D eigenvalue weighted by atomic mass is 9.91. The van der Waals surface area contributed by atoms with Crippen molar-refractivity contribution in [3.8, 4) is 0 Å². The second-order valence-corrected chi connectivity index (χ2v) is 6.17. The van der Waals surface area contributed by atoms with Crippen LogP contribution in [0.1, 0.15) is 38.6 Å². The van der Waals surface area contributed by atoms with Crippen LogP contribution in [-0.2, 0) is 10.3 Å². The third-order valence-corrected chi connectivity index (χ3v) is 3.20. The minimum atomic E-state index is -2.29. The minimum Gasteiger partial charge on any atom is -0.430 e. The summed E-state index contributed by atoms with van der Waals surface area (Å²) in [7, 11) is 1.40. The minimum absolute atomic E-state index is 0.105. The Balaban J connectivity index is 2.83. The van der Waals surface area contributed by atoms with E-state index >= 15 is 0 Å². The van der Waals surface area contributed by atoms with E-state index in [1.165, 1.54) is 13.3 Å². The maximum absolute atomic E-state index is 12.7. The lowest BCUT2D eigenvalue weighted by Crippen LogP contribution is -2.14. The molecule has 0 aliphatic rings. The van der Waals surface area contributed by atoms with Gasteiger partial charge in [0, 0.05) is 17.6 Å². The molecule has 0 radical (unpaired) electrons. The number of oxime groups is 1. The number of nitrogens with zero attached hydrogens (tertiary/aromatic N) is 2. The van der Waals surface area contributed by atoms with Crippen LogP contribution >= 0.6 is 11.8 Å². The molecule has 1 aromatic heterocycles. The van der Waals surface area contributed by atoms with Crippen LogP contribution in [-0.4, -0.2) is 24.1 Å². The maximum Gasteiger partial charge on any atom is 0.301 e. The number of aromatic nitrogens is 1. The molecule has 0 N–H and O–H groups in total. The van der Waals surface area contributed by atoms with Gasteiger partial charge in [-0.1, -0.05) is 37.7 Å². The van der Waals surface area contributed by atoms with Gasteiger partial charge < -0.3 is 9.25 Å². The zero-order valence-corrected chi connectivity index (χ0v) is 13.1. The van der Waals surface area contributed by atoms with E-state index in [1.54, 1.807) is 0 Å². The largest absolute Gasteiger partial charge is 0.430 e. The Labute approximate surface area is 125 Å². The fraction of sp³-hybridized carbons (Fsp3) is 0.538. The summed E-state index contributed by atoms with van der Waals surface area (Å²) in [6.07, 6.45) is -1.27. The predicted molar refractivity (Wildman–Crippen MR) is 75.5 cm³/mol. The first-order valence-electron chi connectivity index (χ1n) is 6.16. The van der Waals surface area contributed by atoms with Gasteiger partial charge in [0.15, 0.2) is 11.6 Å². The van der Waals surface area contributed by atoms with Crippen molar-refractivity contribution in [3.63, 3.8) is 0 Å². The molecule has 0 saturated heterocycles. The highest BCUT2D eigenvalue weighted by Crippen LogP contribution is 2.30. The van der Waals surface area contributed by atoms with E-state index in [-0.39, 0.29) is 22.8 Å². The number of thioether (sulfide) groups is 1. The Morgan fingerprint density at radius 3 is 2.57 bits per heavy atom. The molecule has 0 aliphatic carbocycles. The number of hydrogen-bond acceptors (Lipinski definition) is 5. The van der Waals surface area contributed by atoms with Crippen molar-refractivity contribution >= 4 is 18.0 Å². The molecule has 0 bridgehead atoms. The molecule has 0 aliphatic heterocycles. The molecule has 1 aromatic rings. The zero-order valence-electron chi connectivity index (χ0n) is 12.2. The molecule has 0 unspecified atom stereocenters. The highest BCUT2D eigenvalue weighted by molar-refractivity contribution is 7.99. The highest BCUT2D eigenvalue weighted by Gasteiger charge is 2.24. The standard InChI is InChI=1S/C13H17F3N2O2S/c1-13(2,3)10-9(7-17-19-4)20-12(18-10)21-6-5-8(14)11(15)16/h7H,5-6H2,1-4H3. The summed E-state index contributed by atoms with van der Waals surface area (Å²) < 4.78 is 42.1. The Hall–Kier alpha value is -1.44. The molecule has 1 heterocycles. The number of allylic oxidation sites excluding steroid dienone is 1. The van der Waals surface area contributed by atoms with Crippen molar-refractivity contribution in [2.45, 2.75) is 37.8 Å². The van der Waals surface area contributed by atoms with E-state index in [9.17, 15) is 13.2 Å². The van der Waals surface area contributed by atoms with Gasteiger partial charge in [-0.3, -0.25) is 0 Å². The van der Waals surface area contributed by atoms with Crippen molar-refractivity contribution < 1.29 is 22.4 Å². The SMILES string of the molecule is CON=Cc1oc(SCCC(F)=C(F)F)nc1C(C)(C)C. The third kappa shape index (κ3) is 5.45. The van der Waals surface area contributed by atoms with E-state index in [0.717, 1.165) is 11.8 Å². The summed E-state index contributed by atoms with van der Waals surface area (Å²) in [5.41, 5.74) is 0.381. The van der Waals surface area contributed by atoms with E-state index in [0.29, 0.717) is 11.5 Å². The first-order valence-corrected chi connectivity index (χ1v) is 7.14. The maximum atomic E-state index is 12.7. The van der Waals surface area contributed by atoms with E-state index in [2.05, 4.69) is 15.0 Å². The normalized spacial score (nSPS) is 12.0. The number of rotatable bonds is 6. The van der Waals surface area contributed by atoms with Crippen molar-refractivity contribution in [3.05, 3.63) is 23.4 Å². The van der Waals surface area contributed by atoms with Gasteiger partial charge >= 0.3 is 6.08 Å². The number of halogens is 3. The fourth-order valence-electron chi connectivity index (χ4n) is 1.42. The van der Waals surface area contributed by atoms with Gasteiger partial charge in [0.25, 0.3) is 5.22 Å². The van der Waals surface area contributed by atoms with Gasteiger partial charge in [-0.25, -0.2) is 9.37 Å². The summed E-state index contributed by atoms with van der Waals surface area (Å²) in [5.74, 6) is -0.875. The van der Waals surface area contributed by atoms with Gasteiger partial charge in [-0.2, -0.15) is 8.78 Å². The third-order valence-electron chi connectivity index (χ3n) is 2.37. The molecular weight excluding hydrogens is 305 g/mol. The van der Waals surface area contributed by atoms with Crippen LogP contribution in [0, 0.1) is 0 Å². The highest BCUT2D eigenvalue weighted by atomic mass is 32.2.